The lowest BCUT2D eigenvalue weighted by Crippen LogP contribution is -2.24. The average molecular weight is 269 g/mol. The number of amides is 1. The van der Waals surface area contributed by atoms with Gasteiger partial charge in [0.2, 0.25) is 0 Å². The zero-order valence-corrected chi connectivity index (χ0v) is 11.1. The Morgan fingerprint density at radius 3 is 2.90 bits per heavy atom. The molecule has 0 aliphatic rings. The molecular weight excluding hydrogens is 254 g/mol. The highest BCUT2D eigenvalue weighted by molar-refractivity contribution is 5.92. The molecule has 0 fully saturated rings. The number of aryl methyl sites for hydroxylation is 1. The Kier molecular flexibility index (Phi) is 4.47. The van der Waals surface area contributed by atoms with Gasteiger partial charge in [0.15, 0.2) is 0 Å². The summed E-state index contributed by atoms with van der Waals surface area (Å²) in [7, 11) is 1.83. The van der Waals surface area contributed by atoms with Crippen molar-refractivity contribution in [2.24, 2.45) is 12.8 Å². The Morgan fingerprint density at radius 1 is 1.45 bits per heavy atom. The second-order valence-corrected chi connectivity index (χ2v) is 4.10. The van der Waals surface area contributed by atoms with Crippen LogP contribution < -0.4 is 11.1 Å². The lowest BCUT2D eigenvalue weighted by molar-refractivity contribution is 0.0945. The first-order valence-corrected chi connectivity index (χ1v) is 6.11. The molecule has 0 saturated heterocycles. The molecule has 0 aromatic carbocycles. The summed E-state index contributed by atoms with van der Waals surface area (Å²) < 4.78 is 1.69. The Hall–Kier alpha value is -2.65. The number of rotatable bonds is 3. The van der Waals surface area contributed by atoms with Crippen molar-refractivity contribution in [2.45, 2.75) is 6.54 Å². The molecule has 0 bridgehead atoms. The van der Waals surface area contributed by atoms with E-state index < -0.39 is 0 Å². The van der Waals surface area contributed by atoms with E-state index in [2.05, 4.69) is 27.2 Å². The smallest absolute Gasteiger partial charge is 0.270 e. The van der Waals surface area contributed by atoms with Gasteiger partial charge in [-0.15, -0.1) is 0 Å². The SMILES string of the molecule is Cn1ccc(CNC(=O)c2ccc(C#CCN)cn2)n1. The quantitative estimate of drug-likeness (QED) is 0.771. The van der Waals surface area contributed by atoms with E-state index in [4.69, 9.17) is 5.73 Å². The molecule has 0 radical (unpaired) electrons. The van der Waals surface area contributed by atoms with Gasteiger partial charge in [-0.25, -0.2) is 4.98 Å². The highest BCUT2D eigenvalue weighted by Gasteiger charge is 2.07. The van der Waals surface area contributed by atoms with E-state index in [1.165, 1.54) is 0 Å². The van der Waals surface area contributed by atoms with Crippen LogP contribution in [0.5, 0.6) is 0 Å². The molecule has 2 aromatic rings. The summed E-state index contributed by atoms with van der Waals surface area (Å²) in [5.74, 6) is 5.34. The number of hydrogen-bond donors (Lipinski definition) is 2. The monoisotopic (exact) mass is 269 g/mol. The number of carbonyl (C=O) groups is 1. The molecule has 0 atom stereocenters. The molecule has 20 heavy (non-hydrogen) atoms. The predicted molar refractivity (Wildman–Crippen MR) is 74.5 cm³/mol. The van der Waals surface area contributed by atoms with Crippen LogP contribution in [0.3, 0.4) is 0 Å². The third-order valence-electron chi connectivity index (χ3n) is 2.53. The van der Waals surface area contributed by atoms with E-state index in [1.54, 1.807) is 23.0 Å². The van der Waals surface area contributed by atoms with Gasteiger partial charge in [0.1, 0.15) is 5.69 Å². The first-order valence-electron chi connectivity index (χ1n) is 6.11. The third-order valence-corrected chi connectivity index (χ3v) is 2.53. The van der Waals surface area contributed by atoms with Crippen LogP contribution in [0.15, 0.2) is 30.6 Å². The van der Waals surface area contributed by atoms with Gasteiger partial charge in [-0.2, -0.15) is 5.10 Å². The lowest BCUT2D eigenvalue weighted by Gasteiger charge is -2.02. The first kappa shape index (κ1) is 13.8. The van der Waals surface area contributed by atoms with Crippen molar-refractivity contribution in [3.8, 4) is 11.8 Å². The zero-order chi connectivity index (χ0) is 14.4. The Morgan fingerprint density at radius 2 is 2.30 bits per heavy atom. The Bertz CT molecular complexity index is 648. The van der Waals surface area contributed by atoms with Crippen molar-refractivity contribution >= 4 is 5.91 Å². The van der Waals surface area contributed by atoms with E-state index in [0.717, 1.165) is 11.3 Å². The predicted octanol–water partition coefficient (Wildman–Crippen LogP) is 0.0553. The second-order valence-electron chi connectivity index (χ2n) is 4.10. The maximum Gasteiger partial charge on any atom is 0.270 e. The lowest BCUT2D eigenvalue weighted by atomic mass is 10.2. The van der Waals surface area contributed by atoms with E-state index in [1.807, 2.05) is 19.3 Å². The summed E-state index contributed by atoms with van der Waals surface area (Å²) in [6.07, 6.45) is 3.38. The molecule has 0 saturated carbocycles. The van der Waals surface area contributed by atoms with Crippen molar-refractivity contribution in [1.82, 2.24) is 20.1 Å². The molecule has 102 valence electrons. The largest absolute Gasteiger partial charge is 0.345 e. The van der Waals surface area contributed by atoms with E-state index >= 15 is 0 Å². The summed E-state index contributed by atoms with van der Waals surface area (Å²) in [5.41, 5.74) is 7.16. The van der Waals surface area contributed by atoms with E-state index in [-0.39, 0.29) is 5.91 Å². The van der Waals surface area contributed by atoms with Gasteiger partial charge in [-0.1, -0.05) is 11.8 Å². The van der Waals surface area contributed by atoms with Crippen LogP contribution >= 0.6 is 0 Å². The van der Waals surface area contributed by atoms with Gasteiger partial charge in [0.05, 0.1) is 18.8 Å². The number of nitrogens with zero attached hydrogens (tertiary/aromatic N) is 3. The summed E-state index contributed by atoms with van der Waals surface area (Å²) in [6, 6.07) is 5.22. The molecule has 6 nitrogen and oxygen atoms in total. The van der Waals surface area contributed by atoms with Gasteiger partial charge >= 0.3 is 0 Å². The molecule has 1 amide bonds. The number of pyridine rings is 1. The van der Waals surface area contributed by atoms with Crippen LogP contribution in [0.2, 0.25) is 0 Å². The molecule has 2 aromatic heterocycles. The molecule has 0 unspecified atom stereocenters. The van der Waals surface area contributed by atoms with Gasteiger partial charge in [0.25, 0.3) is 5.91 Å². The summed E-state index contributed by atoms with van der Waals surface area (Å²) in [6.45, 7) is 0.669. The summed E-state index contributed by atoms with van der Waals surface area (Å²) in [4.78, 5) is 16.0. The molecule has 2 rings (SSSR count). The third kappa shape index (κ3) is 3.67. The molecule has 2 heterocycles. The highest BCUT2D eigenvalue weighted by Crippen LogP contribution is 2.00. The Labute approximate surface area is 117 Å². The minimum atomic E-state index is -0.242. The van der Waals surface area contributed by atoms with Crippen molar-refractivity contribution in [2.75, 3.05) is 6.54 Å². The van der Waals surface area contributed by atoms with Crippen LogP contribution in [-0.4, -0.2) is 27.2 Å². The number of nitrogens with one attached hydrogen (secondary N) is 1. The van der Waals surface area contributed by atoms with Gasteiger partial charge < -0.3 is 11.1 Å². The van der Waals surface area contributed by atoms with E-state index in [9.17, 15) is 4.79 Å². The first-order chi connectivity index (χ1) is 9.69. The fraction of sp³-hybridized carbons (Fsp3) is 0.214. The molecular formula is C14H15N5O. The molecule has 0 spiro atoms. The summed E-state index contributed by atoms with van der Waals surface area (Å²) in [5, 5.41) is 6.93. The topological polar surface area (TPSA) is 85.8 Å². The maximum absolute atomic E-state index is 11.9. The fourth-order valence-electron chi connectivity index (χ4n) is 1.57. The van der Waals surface area contributed by atoms with Crippen molar-refractivity contribution in [3.63, 3.8) is 0 Å². The fourth-order valence-corrected chi connectivity index (χ4v) is 1.57. The number of aromatic nitrogens is 3. The highest BCUT2D eigenvalue weighted by atomic mass is 16.1. The molecule has 0 aliphatic carbocycles. The van der Waals surface area contributed by atoms with Gasteiger partial charge in [-0.3, -0.25) is 9.48 Å². The van der Waals surface area contributed by atoms with Crippen molar-refractivity contribution in [3.05, 3.63) is 47.5 Å². The number of carbonyl (C=O) groups excluding carboxylic acids is 1. The molecule has 3 N–H and O–H groups in total. The second kappa shape index (κ2) is 6.50. The summed E-state index contributed by atoms with van der Waals surface area (Å²) >= 11 is 0. The van der Waals surface area contributed by atoms with Crippen molar-refractivity contribution < 1.29 is 4.79 Å². The van der Waals surface area contributed by atoms with Crippen LogP contribution in [-0.2, 0) is 13.6 Å². The standard InChI is InChI=1S/C14H15N5O/c1-19-8-6-12(18-19)10-17-14(20)13-5-4-11(9-16-13)3-2-7-15/h4-6,8-9H,7,10,15H2,1H3,(H,17,20). The molecule has 6 heteroatoms. The van der Waals surface area contributed by atoms with Crippen LogP contribution in [0.4, 0.5) is 0 Å². The zero-order valence-electron chi connectivity index (χ0n) is 11.1. The van der Waals surface area contributed by atoms with Crippen LogP contribution in [0.25, 0.3) is 0 Å². The van der Waals surface area contributed by atoms with Crippen LogP contribution in [0.1, 0.15) is 21.7 Å². The average Bonchev–Trinajstić information content (AvgIpc) is 2.89. The minimum absolute atomic E-state index is 0.242. The maximum atomic E-state index is 11.9. The van der Waals surface area contributed by atoms with Crippen molar-refractivity contribution in [1.29, 1.82) is 0 Å². The Balaban J connectivity index is 1.95. The number of hydrogen-bond acceptors (Lipinski definition) is 4. The van der Waals surface area contributed by atoms with Crippen LogP contribution in [0, 0.1) is 11.8 Å². The number of nitrogens with two attached hydrogens (primary N) is 1. The minimum Gasteiger partial charge on any atom is -0.345 e. The van der Waals surface area contributed by atoms with Gasteiger partial charge in [-0.05, 0) is 18.2 Å². The van der Waals surface area contributed by atoms with Gasteiger partial charge in [0, 0.05) is 25.0 Å². The molecule has 0 aliphatic heterocycles. The normalized spacial score (nSPS) is 9.70. The van der Waals surface area contributed by atoms with E-state index in [0.29, 0.717) is 18.8 Å².